The van der Waals surface area contributed by atoms with Crippen molar-refractivity contribution in [3.63, 3.8) is 0 Å². The minimum atomic E-state index is -1.80. The van der Waals surface area contributed by atoms with Gasteiger partial charge in [-0.3, -0.25) is 19.7 Å². The molecule has 0 fully saturated rings. The van der Waals surface area contributed by atoms with Crippen molar-refractivity contribution in [1.82, 2.24) is 0 Å². The molecule has 0 saturated carbocycles. The summed E-state index contributed by atoms with van der Waals surface area (Å²) < 4.78 is 4.52. The maximum Gasteiger partial charge on any atom is 0.336 e. The summed E-state index contributed by atoms with van der Waals surface area (Å²) in [6, 6.07) is 3.26. The number of carbonyl (C=O) groups excluding carboxylic acids is 1. The summed E-state index contributed by atoms with van der Waals surface area (Å²) in [4.78, 5) is 46.6. The monoisotopic (exact) mass is 314 g/mol. The smallest absolute Gasteiger partial charge is 0.336 e. The molecule has 1 rings (SSSR count). The van der Waals surface area contributed by atoms with Crippen LogP contribution in [0.1, 0.15) is 22.8 Å². The molecule has 0 aliphatic heterocycles. The molecule has 0 aliphatic carbocycles. The number of carboxylic acid groups (broad SMARTS) is 1. The van der Waals surface area contributed by atoms with Gasteiger partial charge in [-0.2, -0.15) is 0 Å². The van der Waals surface area contributed by atoms with Crippen LogP contribution in [0.5, 0.6) is 0 Å². The molecule has 1 unspecified atom stereocenters. The Morgan fingerprint density at radius 3 is 2.41 bits per heavy atom. The second kappa shape index (κ2) is 6.97. The molecule has 0 aromatic heterocycles. The molecule has 0 heterocycles. The molecule has 0 bridgehead atoms. The lowest BCUT2D eigenvalue weighted by molar-refractivity contribution is -0.778. The Balaban J connectivity index is 3.26. The molecule has 118 valence electrons. The van der Waals surface area contributed by atoms with Crippen molar-refractivity contribution in [2.24, 2.45) is 0 Å². The predicted molar refractivity (Wildman–Crippen MR) is 67.4 cm³/mol. The van der Waals surface area contributed by atoms with Gasteiger partial charge in [0.25, 0.3) is 17.1 Å². The largest absolute Gasteiger partial charge is 0.478 e. The van der Waals surface area contributed by atoms with Crippen LogP contribution in [0.3, 0.4) is 0 Å². The van der Waals surface area contributed by atoms with Gasteiger partial charge >= 0.3 is 11.9 Å². The van der Waals surface area contributed by atoms with E-state index in [4.69, 9.17) is 5.11 Å². The van der Waals surface area contributed by atoms with Crippen molar-refractivity contribution in [3.05, 3.63) is 49.6 Å². The Labute approximate surface area is 122 Å². The van der Waals surface area contributed by atoms with Crippen LogP contribution in [0.2, 0.25) is 0 Å². The summed E-state index contributed by atoms with van der Waals surface area (Å²) in [5, 5.41) is 29.1. The molecular weight excluding hydrogens is 304 g/mol. The van der Waals surface area contributed by atoms with E-state index in [0.717, 1.165) is 25.1 Å². The molecule has 0 saturated heterocycles. The average Bonchev–Trinajstić information content (AvgIpc) is 2.36. The van der Waals surface area contributed by atoms with Gasteiger partial charge in [0.05, 0.1) is 16.1 Å². The molecule has 1 aromatic rings. The van der Waals surface area contributed by atoms with Crippen molar-refractivity contribution in [2.75, 3.05) is 0 Å². The predicted octanol–water partition coefficient (Wildman–Crippen LogP) is 0.933. The SMILES string of the molecule is CC(=O)OC(Cc1c(C(=O)O)cccc1[N+](=O)[O-])O[N+](=O)[O-]. The summed E-state index contributed by atoms with van der Waals surface area (Å²) in [7, 11) is 0. The van der Waals surface area contributed by atoms with E-state index in [1.165, 1.54) is 0 Å². The van der Waals surface area contributed by atoms with Crippen LogP contribution in [0, 0.1) is 20.2 Å². The van der Waals surface area contributed by atoms with Gasteiger partial charge in [-0.05, 0) is 6.07 Å². The molecule has 11 heteroatoms. The topological polar surface area (TPSA) is 159 Å². The van der Waals surface area contributed by atoms with Gasteiger partial charge in [-0.1, -0.05) is 6.07 Å². The first-order valence-electron chi connectivity index (χ1n) is 5.70. The number of benzene rings is 1. The van der Waals surface area contributed by atoms with Crippen molar-refractivity contribution in [3.8, 4) is 0 Å². The van der Waals surface area contributed by atoms with Crippen LogP contribution in [-0.4, -0.2) is 33.3 Å². The fourth-order valence-corrected chi connectivity index (χ4v) is 1.71. The Hall–Kier alpha value is -3.24. The minimum absolute atomic E-state index is 0.354. The Morgan fingerprint density at radius 1 is 1.32 bits per heavy atom. The Morgan fingerprint density at radius 2 is 1.95 bits per heavy atom. The van der Waals surface area contributed by atoms with Crippen molar-refractivity contribution < 1.29 is 34.3 Å². The third kappa shape index (κ3) is 4.40. The maximum atomic E-state index is 11.1. The van der Waals surface area contributed by atoms with Gasteiger partial charge in [0.15, 0.2) is 0 Å². The Kier molecular flexibility index (Phi) is 5.32. The molecule has 1 N–H and O–H groups in total. The summed E-state index contributed by atoms with van der Waals surface area (Å²) >= 11 is 0. The fourth-order valence-electron chi connectivity index (χ4n) is 1.71. The Bertz CT molecular complexity index is 580. The van der Waals surface area contributed by atoms with E-state index in [1.54, 1.807) is 0 Å². The lowest BCUT2D eigenvalue weighted by Gasteiger charge is -2.15. The highest BCUT2D eigenvalue weighted by Crippen LogP contribution is 2.25. The summed E-state index contributed by atoms with van der Waals surface area (Å²) in [6.45, 7) is 0.952. The lowest BCUT2D eigenvalue weighted by Crippen LogP contribution is -2.26. The van der Waals surface area contributed by atoms with E-state index in [-0.39, 0.29) is 5.56 Å². The van der Waals surface area contributed by atoms with Gasteiger partial charge in [-0.15, -0.1) is 10.1 Å². The second-order valence-electron chi connectivity index (χ2n) is 3.94. The molecule has 1 atom stereocenters. The second-order valence-corrected chi connectivity index (χ2v) is 3.94. The van der Waals surface area contributed by atoms with Gasteiger partial charge in [0, 0.05) is 19.4 Å². The van der Waals surface area contributed by atoms with E-state index < -0.39 is 45.9 Å². The van der Waals surface area contributed by atoms with E-state index in [1.807, 2.05) is 0 Å². The number of nitro groups is 1. The molecular formula is C11H10N2O9. The molecule has 0 amide bonds. The van der Waals surface area contributed by atoms with Crippen LogP contribution >= 0.6 is 0 Å². The molecule has 0 spiro atoms. The van der Waals surface area contributed by atoms with E-state index in [0.29, 0.717) is 0 Å². The first kappa shape index (κ1) is 16.8. The zero-order valence-electron chi connectivity index (χ0n) is 11.1. The third-order valence-corrected chi connectivity index (χ3v) is 2.45. The van der Waals surface area contributed by atoms with Crippen molar-refractivity contribution in [2.45, 2.75) is 19.6 Å². The number of hydrogen-bond acceptors (Lipinski definition) is 8. The molecule has 1 aromatic carbocycles. The minimum Gasteiger partial charge on any atom is -0.478 e. The fraction of sp³-hybridized carbons (Fsp3) is 0.273. The van der Waals surface area contributed by atoms with Gasteiger partial charge in [0.2, 0.25) is 0 Å². The zero-order valence-corrected chi connectivity index (χ0v) is 11.1. The van der Waals surface area contributed by atoms with Gasteiger partial charge in [0.1, 0.15) is 0 Å². The number of carboxylic acids is 1. The van der Waals surface area contributed by atoms with Crippen molar-refractivity contribution >= 4 is 17.6 Å². The van der Waals surface area contributed by atoms with Crippen LogP contribution in [0.4, 0.5) is 5.69 Å². The molecule has 0 radical (unpaired) electrons. The van der Waals surface area contributed by atoms with Crippen LogP contribution in [0.15, 0.2) is 18.2 Å². The number of ether oxygens (including phenoxy) is 1. The number of nitrogens with zero attached hydrogens (tertiary/aromatic N) is 2. The number of esters is 1. The summed E-state index contributed by atoms with van der Waals surface area (Å²) in [5.41, 5.74) is -1.38. The number of nitro benzene ring substituents is 1. The number of hydrogen-bond donors (Lipinski definition) is 1. The number of rotatable bonds is 7. The lowest BCUT2D eigenvalue weighted by atomic mass is 10.0. The van der Waals surface area contributed by atoms with Crippen LogP contribution < -0.4 is 0 Å². The third-order valence-electron chi connectivity index (χ3n) is 2.45. The summed E-state index contributed by atoms with van der Waals surface area (Å²) in [5.74, 6) is -2.40. The van der Waals surface area contributed by atoms with Crippen molar-refractivity contribution in [1.29, 1.82) is 0 Å². The zero-order chi connectivity index (χ0) is 16.9. The normalized spacial score (nSPS) is 11.3. The molecule has 22 heavy (non-hydrogen) atoms. The van der Waals surface area contributed by atoms with E-state index >= 15 is 0 Å². The number of carbonyl (C=O) groups is 2. The summed E-state index contributed by atoms with van der Waals surface area (Å²) in [6.07, 6.45) is -2.47. The van der Waals surface area contributed by atoms with Crippen LogP contribution in [-0.2, 0) is 20.8 Å². The van der Waals surface area contributed by atoms with Gasteiger partial charge < -0.3 is 9.84 Å². The average molecular weight is 314 g/mol. The highest BCUT2D eigenvalue weighted by atomic mass is 17.0. The first-order valence-corrected chi connectivity index (χ1v) is 5.70. The standard InChI is InChI=1S/C11H10N2O9/c1-6(14)21-10(22-13(19)20)5-8-7(11(15)16)3-2-4-9(8)12(17)18/h2-4,10H,5H2,1H3,(H,15,16). The molecule has 0 aliphatic rings. The highest BCUT2D eigenvalue weighted by molar-refractivity contribution is 5.90. The quantitative estimate of drug-likeness (QED) is 0.334. The number of aromatic carboxylic acids is 1. The molecule has 11 nitrogen and oxygen atoms in total. The van der Waals surface area contributed by atoms with Gasteiger partial charge in [-0.25, -0.2) is 4.79 Å². The van der Waals surface area contributed by atoms with E-state index in [2.05, 4.69) is 9.57 Å². The van der Waals surface area contributed by atoms with Crippen LogP contribution in [0.25, 0.3) is 0 Å². The maximum absolute atomic E-state index is 11.1. The van der Waals surface area contributed by atoms with E-state index in [9.17, 15) is 29.8 Å². The first-order chi connectivity index (χ1) is 10.2. The highest BCUT2D eigenvalue weighted by Gasteiger charge is 2.27.